The van der Waals surface area contributed by atoms with E-state index >= 15 is 0 Å². The maximum absolute atomic E-state index is 10.8. The lowest BCUT2D eigenvalue weighted by Crippen LogP contribution is -2.35. The molecule has 0 aromatic rings. The van der Waals surface area contributed by atoms with Crippen LogP contribution in [0.2, 0.25) is 0 Å². The van der Waals surface area contributed by atoms with Crippen molar-refractivity contribution in [3.8, 4) is 0 Å². The van der Waals surface area contributed by atoms with E-state index in [0.29, 0.717) is 13.0 Å². The van der Waals surface area contributed by atoms with Gasteiger partial charge >= 0.3 is 5.97 Å². The van der Waals surface area contributed by atoms with Gasteiger partial charge < -0.3 is 20.1 Å². The average Bonchev–Trinajstić information content (AvgIpc) is 2.45. The summed E-state index contributed by atoms with van der Waals surface area (Å²) in [5.41, 5.74) is 5.84. The Morgan fingerprint density at radius 2 is 2.29 bits per heavy atom. The van der Waals surface area contributed by atoms with Gasteiger partial charge in [0.25, 0.3) is 0 Å². The fourth-order valence-electron chi connectivity index (χ4n) is 1.57. The molecule has 0 aromatic carbocycles. The van der Waals surface area contributed by atoms with Gasteiger partial charge in [-0.2, -0.15) is 0 Å². The highest BCUT2D eigenvalue weighted by Crippen LogP contribution is 2.09. The maximum Gasteiger partial charge on any atom is 0.307 e. The molecule has 1 aliphatic rings. The van der Waals surface area contributed by atoms with E-state index in [2.05, 4.69) is 9.64 Å². The van der Waals surface area contributed by atoms with Crippen molar-refractivity contribution in [1.82, 2.24) is 4.90 Å². The molecule has 5 heteroatoms. The summed E-state index contributed by atoms with van der Waals surface area (Å²) in [6.45, 7) is 2.07. The first-order valence-corrected chi connectivity index (χ1v) is 4.76. The van der Waals surface area contributed by atoms with Gasteiger partial charge in [0.15, 0.2) is 0 Å². The molecule has 2 N–H and O–H groups in total. The number of esters is 1. The van der Waals surface area contributed by atoms with Crippen molar-refractivity contribution in [2.75, 3.05) is 33.9 Å². The van der Waals surface area contributed by atoms with E-state index in [1.54, 1.807) is 0 Å². The van der Waals surface area contributed by atoms with Gasteiger partial charge in [-0.1, -0.05) is 0 Å². The lowest BCUT2D eigenvalue weighted by Gasteiger charge is -2.14. The van der Waals surface area contributed by atoms with Crippen molar-refractivity contribution in [1.29, 1.82) is 0 Å². The summed E-state index contributed by atoms with van der Waals surface area (Å²) >= 11 is 0. The highest BCUT2D eigenvalue weighted by molar-refractivity contribution is 5.69. The largest absolute Gasteiger partial charge is 0.469 e. The first-order chi connectivity index (χ1) is 6.63. The SMILES string of the molecule is COC(=O)CCO[C@@H]1CN(C)C[C@H]1N. The van der Waals surface area contributed by atoms with Gasteiger partial charge in [0, 0.05) is 19.1 Å². The number of likely N-dealkylation sites (tertiary alicyclic amines) is 1. The van der Waals surface area contributed by atoms with Crippen molar-refractivity contribution in [2.24, 2.45) is 5.73 Å². The molecular formula is C9H18N2O3. The van der Waals surface area contributed by atoms with Crippen LogP contribution in [0.4, 0.5) is 0 Å². The van der Waals surface area contributed by atoms with Crippen LogP contribution in [0, 0.1) is 0 Å². The van der Waals surface area contributed by atoms with Crippen molar-refractivity contribution in [2.45, 2.75) is 18.6 Å². The van der Waals surface area contributed by atoms with Gasteiger partial charge in [0.2, 0.25) is 0 Å². The van der Waals surface area contributed by atoms with Crippen LogP contribution in [0.1, 0.15) is 6.42 Å². The topological polar surface area (TPSA) is 64.8 Å². The van der Waals surface area contributed by atoms with Crippen molar-refractivity contribution >= 4 is 5.97 Å². The van der Waals surface area contributed by atoms with Crippen molar-refractivity contribution < 1.29 is 14.3 Å². The Kier molecular flexibility index (Phi) is 4.31. The number of nitrogens with two attached hydrogens (primary N) is 1. The second kappa shape index (κ2) is 5.29. The number of nitrogens with zero attached hydrogens (tertiary/aromatic N) is 1. The summed E-state index contributed by atoms with van der Waals surface area (Å²) in [4.78, 5) is 12.9. The number of rotatable bonds is 4. The molecule has 1 fully saturated rings. The van der Waals surface area contributed by atoms with Gasteiger partial charge in [-0.25, -0.2) is 0 Å². The van der Waals surface area contributed by atoms with E-state index in [-0.39, 0.29) is 18.1 Å². The molecule has 5 nitrogen and oxygen atoms in total. The fourth-order valence-corrected chi connectivity index (χ4v) is 1.57. The molecule has 0 spiro atoms. The molecule has 0 saturated carbocycles. The van der Waals surface area contributed by atoms with Crippen LogP contribution in [0.25, 0.3) is 0 Å². The van der Waals surface area contributed by atoms with Gasteiger partial charge in [0.05, 0.1) is 26.2 Å². The summed E-state index contributed by atoms with van der Waals surface area (Å²) < 4.78 is 9.99. The summed E-state index contributed by atoms with van der Waals surface area (Å²) in [5.74, 6) is -0.245. The lowest BCUT2D eigenvalue weighted by molar-refractivity contribution is -0.142. The Hall–Kier alpha value is -0.650. The third-order valence-electron chi connectivity index (χ3n) is 2.36. The molecule has 0 aliphatic carbocycles. The molecule has 0 radical (unpaired) electrons. The van der Waals surface area contributed by atoms with Crippen LogP contribution in [-0.2, 0) is 14.3 Å². The lowest BCUT2D eigenvalue weighted by atomic mass is 10.2. The summed E-state index contributed by atoms with van der Waals surface area (Å²) in [6.07, 6.45) is 0.341. The van der Waals surface area contributed by atoms with E-state index in [9.17, 15) is 4.79 Å². The first kappa shape index (κ1) is 11.4. The zero-order valence-corrected chi connectivity index (χ0v) is 8.73. The molecule has 0 unspecified atom stereocenters. The standard InChI is InChI=1S/C9H18N2O3/c1-11-5-7(10)8(6-11)14-4-3-9(12)13-2/h7-8H,3-6,10H2,1-2H3/t7-,8-/m1/s1. The molecule has 14 heavy (non-hydrogen) atoms. The summed E-state index contributed by atoms with van der Waals surface area (Å²) in [5, 5.41) is 0. The zero-order valence-electron chi connectivity index (χ0n) is 8.73. The Morgan fingerprint density at radius 1 is 1.57 bits per heavy atom. The molecular weight excluding hydrogens is 184 g/mol. The van der Waals surface area contributed by atoms with Crippen LogP contribution < -0.4 is 5.73 Å². The molecule has 1 heterocycles. The van der Waals surface area contributed by atoms with Gasteiger partial charge in [-0.3, -0.25) is 4.79 Å². The minimum absolute atomic E-state index is 0.0460. The predicted octanol–water partition coefficient (Wildman–Crippen LogP) is -0.793. The normalized spacial score (nSPS) is 27.9. The molecule has 2 atom stereocenters. The first-order valence-electron chi connectivity index (χ1n) is 4.76. The van der Waals surface area contributed by atoms with E-state index < -0.39 is 0 Å². The van der Waals surface area contributed by atoms with E-state index in [0.717, 1.165) is 13.1 Å². The second-order valence-electron chi connectivity index (χ2n) is 3.62. The summed E-state index contributed by atoms with van der Waals surface area (Å²) in [6, 6.07) is 0.0534. The van der Waals surface area contributed by atoms with Crippen LogP contribution in [0.5, 0.6) is 0 Å². The third-order valence-corrected chi connectivity index (χ3v) is 2.36. The number of ether oxygens (including phenoxy) is 2. The Balaban J connectivity index is 2.15. The fraction of sp³-hybridized carbons (Fsp3) is 0.889. The predicted molar refractivity (Wildman–Crippen MR) is 51.8 cm³/mol. The van der Waals surface area contributed by atoms with Crippen LogP contribution in [-0.4, -0.2) is 56.9 Å². The smallest absolute Gasteiger partial charge is 0.307 e. The van der Waals surface area contributed by atoms with Gasteiger partial charge in [0.1, 0.15) is 0 Å². The Bertz CT molecular complexity index is 198. The maximum atomic E-state index is 10.8. The van der Waals surface area contributed by atoms with E-state index in [1.807, 2.05) is 7.05 Å². The minimum atomic E-state index is -0.245. The van der Waals surface area contributed by atoms with Gasteiger partial charge in [-0.05, 0) is 7.05 Å². The molecule has 0 amide bonds. The molecule has 82 valence electrons. The number of hydrogen-bond acceptors (Lipinski definition) is 5. The Labute approximate surface area is 84.1 Å². The highest BCUT2D eigenvalue weighted by Gasteiger charge is 2.28. The van der Waals surface area contributed by atoms with Crippen LogP contribution >= 0.6 is 0 Å². The second-order valence-corrected chi connectivity index (χ2v) is 3.62. The number of methoxy groups -OCH3 is 1. The number of hydrogen-bond donors (Lipinski definition) is 1. The van der Waals surface area contributed by atoms with Gasteiger partial charge in [-0.15, -0.1) is 0 Å². The average molecular weight is 202 g/mol. The minimum Gasteiger partial charge on any atom is -0.469 e. The van der Waals surface area contributed by atoms with Crippen LogP contribution in [0.3, 0.4) is 0 Å². The van der Waals surface area contributed by atoms with Crippen LogP contribution in [0.15, 0.2) is 0 Å². The van der Waals surface area contributed by atoms with E-state index in [4.69, 9.17) is 10.5 Å². The van der Waals surface area contributed by atoms with E-state index in [1.165, 1.54) is 7.11 Å². The zero-order chi connectivity index (χ0) is 10.6. The number of likely N-dealkylation sites (N-methyl/N-ethyl adjacent to an activating group) is 1. The molecule has 0 bridgehead atoms. The van der Waals surface area contributed by atoms with Crippen molar-refractivity contribution in [3.63, 3.8) is 0 Å². The third kappa shape index (κ3) is 3.25. The number of carbonyl (C=O) groups is 1. The number of carbonyl (C=O) groups excluding carboxylic acids is 1. The molecule has 0 aromatic heterocycles. The quantitative estimate of drug-likeness (QED) is 0.605. The summed E-state index contributed by atoms with van der Waals surface area (Å²) in [7, 11) is 3.38. The molecule has 1 aliphatic heterocycles. The highest BCUT2D eigenvalue weighted by atomic mass is 16.5. The monoisotopic (exact) mass is 202 g/mol. The van der Waals surface area contributed by atoms with Crippen molar-refractivity contribution in [3.05, 3.63) is 0 Å². The molecule has 1 rings (SSSR count). The Morgan fingerprint density at radius 3 is 2.79 bits per heavy atom. The molecule has 1 saturated heterocycles.